The summed E-state index contributed by atoms with van der Waals surface area (Å²) in [6, 6.07) is 0. The van der Waals surface area contributed by atoms with E-state index >= 15 is 0 Å². The summed E-state index contributed by atoms with van der Waals surface area (Å²) in [5.41, 5.74) is -0.112. The van der Waals surface area contributed by atoms with Crippen LogP contribution >= 0.6 is 0 Å². The third kappa shape index (κ3) is 2.15. The van der Waals surface area contributed by atoms with Gasteiger partial charge in [-0.1, -0.05) is 13.3 Å². The second-order valence-electron chi connectivity index (χ2n) is 8.05. The quantitative estimate of drug-likeness (QED) is 0.691. The molecule has 118 valence electrons. The van der Waals surface area contributed by atoms with Crippen LogP contribution in [0.15, 0.2) is 0 Å². The van der Waals surface area contributed by atoms with Crippen LogP contribution in [0.5, 0.6) is 0 Å². The van der Waals surface area contributed by atoms with Gasteiger partial charge in [0, 0.05) is 12.8 Å². The molecule has 0 aromatic heterocycles. The molecule has 3 heteroatoms. The van der Waals surface area contributed by atoms with E-state index in [1.165, 1.54) is 13.5 Å². The molecular weight excluding hydrogens is 264 g/mol. The number of hydrogen-bond donors (Lipinski definition) is 0. The third-order valence-electron chi connectivity index (χ3n) is 7.09. The van der Waals surface area contributed by atoms with Crippen LogP contribution in [0.3, 0.4) is 0 Å². The van der Waals surface area contributed by atoms with E-state index in [0.29, 0.717) is 23.5 Å². The van der Waals surface area contributed by atoms with Crippen LogP contribution in [-0.4, -0.2) is 18.9 Å². The zero-order valence-electron chi connectivity index (χ0n) is 13.6. The number of ether oxygens (including phenoxy) is 1. The Morgan fingerprint density at radius 2 is 1.95 bits per heavy atom. The van der Waals surface area contributed by atoms with Gasteiger partial charge in [-0.25, -0.2) is 0 Å². The second kappa shape index (κ2) is 5.10. The zero-order chi connectivity index (χ0) is 15.3. The lowest BCUT2D eigenvalue weighted by Gasteiger charge is -2.60. The Balaban J connectivity index is 1.92. The Morgan fingerprint density at radius 1 is 1.19 bits per heavy atom. The minimum Gasteiger partial charge on any atom is -0.469 e. The van der Waals surface area contributed by atoms with E-state index in [1.54, 1.807) is 0 Å². The van der Waals surface area contributed by atoms with Crippen molar-refractivity contribution in [3.63, 3.8) is 0 Å². The first-order valence-electron chi connectivity index (χ1n) is 8.52. The zero-order valence-corrected chi connectivity index (χ0v) is 13.6. The topological polar surface area (TPSA) is 43.4 Å². The lowest BCUT2D eigenvalue weighted by Crippen LogP contribution is -2.56. The van der Waals surface area contributed by atoms with Gasteiger partial charge in [-0.2, -0.15) is 0 Å². The largest absolute Gasteiger partial charge is 0.469 e. The van der Waals surface area contributed by atoms with Crippen molar-refractivity contribution in [1.29, 1.82) is 0 Å². The van der Waals surface area contributed by atoms with E-state index in [0.717, 1.165) is 44.9 Å². The van der Waals surface area contributed by atoms with Crippen molar-refractivity contribution in [3.8, 4) is 0 Å². The van der Waals surface area contributed by atoms with Crippen molar-refractivity contribution in [2.45, 2.75) is 65.2 Å². The maximum atomic E-state index is 12.4. The fourth-order valence-corrected chi connectivity index (χ4v) is 6.12. The van der Waals surface area contributed by atoms with E-state index in [9.17, 15) is 9.59 Å². The number of esters is 1. The summed E-state index contributed by atoms with van der Waals surface area (Å²) < 4.78 is 5.15. The summed E-state index contributed by atoms with van der Waals surface area (Å²) in [4.78, 5) is 24.2. The van der Waals surface area contributed by atoms with Gasteiger partial charge >= 0.3 is 5.97 Å². The molecule has 21 heavy (non-hydrogen) atoms. The van der Waals surface area contributed by atoms with E-state index in [2.05, 4.69) is 13.8 Å². The normalized spacial score (nSPS) is 46.4. The summed E-state index contributed by atoms with van der Waals surface area (Å²) in [5.74, 6) is 2.03. The molecule has 3 rings (SSSR count). The molecule has 3 aliphatic rings. The van der Waals surface area contributed by atoms with Gasteiger partial charge in [0.25, 0.3) is 0 Å². The first-order chi connectivity index (χ1) is 9.91. The standard InChI is InChI=1S/C18H28O3/c1-17-9-4-10-18(2,16(20)21-3)15(17)8-5-12-11-13(19)6-7-14(12)17/h12,14-15H,4-11H2,1-3H3/t12-,14+,15-,17-,18-/m1/s1. The molecule has 0 radical (unpaired) electrons. The molecule has 0 saturated heterocycles. The van der Waals surface area contributed by atoms with Gasteiger partial charge in [0.2, 0.25) is 0 Å². The molecule has 3 aliphatic carbocycles. The van der Waals surface area contributed by atoms with Gasteiger partial charge in [-0.15, -0.1) is 0 Å². The third-order valence-corrected chi connectivity index (χ3v) is 7.09. The average Bonchev–Trinajstić information content (AvgIpc) is 2.45. The van der Waals surface area contributed by atoms with Gasteiger partial charge in [-0.3, -0.25) is 9.59 Å². The highest BCUT2D eigenvalue weighted by Gasteiger charge is 2.59. The first kappa shape index (κ1) is 15.1. The van der Waals surface area contributed by atoms with Crippen LogP contribution < -0.4 is 0 Å². The molecule has 0 heterocycles. The summed E-state index contributed by atoms with van der Waals surface area (Å²) in [6.07, 6.45) is 8.03. The average molecular weight is 292 g/mol. The van der Waals surface area contributed by atoms with Gasteiger partial charge in [-0.05, 0) is 62.2 Å². The van der Waals surface area contributed by atoms with E-state index in [-0.39, 0.29) is 16.8 Å². The van der Waals surface area contributed by atoms with E-state index < -0.39 is 0 Å². The molecule has 0 amide bonds. The van der Waals surface area contributed by atoms with Crippen LogP contribution in [0, 0.1) is 28.6 Å². The monoisotopic (exact) mass is 292 g/mol. The number of carbonyl (C=O) groups is 2. The van der Waals surface area contributed by atoms with Gasteiger partial charge in [0.1, 0.15) is 5.78 Å². The molecule has 0 unspecified atom stereocenters. The number of hydrogen-bond acceptors (Lipinski definition) is 3. The van der Waals surface area contributed by atoms with Gasteiger partial charge in [0.05, 0.1) is 12.5 Å². The molecule has 0 aromatic carbocycles. The van der Waals surface area contributed by atoms with Crippen LogP contribution in [0.1, 0.15) is 65.2 Å². The molecular formula is C18H28O3. The van der Waals surface area contributed by atoms with Crippen molar-refractivity contribution in [2.75, 3.05) is 7.11 Å². The number of ketones is 1. The van der Waals surface area contributed by atoms with Gasteiger partial charge < -0.3 is 4.74 Å². The molecule has 0 aromatic rings. The lowest BCUT2D eigenvalue weighted by molar-refractivity contribution is -0.175. The molecule has 3 saturated carbocycles. The summed E-state index contributed by atoms with van der Waals surface area (Å²) in [7, 11) is 1.52. The van der Waals surface area contributed by atoms with Crippen molar-refractivity contribution in [2.24, 2.45) is 28.6 Å². The van der Waals surface area contributed by atoms with Crippen LogP contribution in [0.4, 0.5) is 0 Å². The minimum atomic E-state index is -0.325. The van der Waals surface area contributed by atoms with Crippen LogP contribution in [0.25, 0.3) is 0 Å². The van der Waals surface area contributed by atoms with Crippen molar-refractivity contribution >= 4 is 11.8 Å². The second-order valence-corrected chi connectivity index (χ2v) is 8.05. The Kier molecular flexibility index (Phi) is 3.66. The lowest BCUT2D eigenvalue weighted by atomic mass is 9.44. The number of carbonyl (C=O) groups excluding carboxylic acids is 2. The summed E-state index contributed by atoms with van der Waals surface area (Å²) in [5, 5.41) is 0. The smallest absolute Gasteiger partial charge is 0.311 e. The fraction of sp³-hybridized carbons (Fsp3) is 0.889. The van der Waals surface area contributed by atoms with Crippen LogP contribution in [0.2, 0.25) is 0 Å². The fourth-order valence-electron chi connectivity index (χ4n) is 6.12. The minimum absolute atomic E-state index is 0.0243. The number of methoxy groups -OCH3 is 1. The van der Waals surface area contributed by atoms with Crippen molar-refractivity contribution in [3.05, 3.63) is 0 Å². The molecule has 0 N–H and O–H groups in total. The van der Waals surface area contributed by atoms with Crippen LogP contribution in [-0.2, 0) is 14.3 Å². The number of Topliss-reactive ketones (excluding diaryl/α,β-unsaturated/α-hetero) is 1. The van der Waals surface area contributed by atoms with E-state index in [1.807, 2.05) is 0 Å². The highest BCUT2D eigenvalue weighted by Crippen LogP contribution is 2.63. The Labute approximate surface area is 127 Å². The predicted molar refractivity (Wildman–Crippen MR) is 80.6 cm³/mol. The molecule has 0 bridgehead atoms. The predicted octanol–water partition coefficient (Wildman–Crippen LogP) is 3.75. The van der Waals surface area contributed by atoms with Gasteiger partial charge in [0.15, 0.2) is 0 Å². The Bertz CT molecular complexity index is 457. The summed E-state index contributed by atoms with van der Waals surface area (Å²) in [6.45, 7) is 4.51. The number of rotatable bonds is 1. The SMILES string of the molecule is COC(=O)[C@]1(C)CCC[C@@]2(C)[C@H]1CC[C@@H]1CC(=O)CC[C@@H]12. The molecule has 0 aliphatic heterocycles. The molecule has 5 atom stereocenters. The van der Waals surface area contributed by atoms with E-state index in [4.69, 9.17) is 4.74 Å². The maximum absolute atomic E-state index is 12.4. The highest BCUT2D eigenvalue weighted by molar-refractivity contribution is 5.79. The summed E-state index contributed by atoms with van der Waals surface area (Å²) >= 11 is 0. The first-order valence-corrected chi connectivity index (χ1v) is 8.52. The van der Waals surface area contributed by atoms with Crippen molar-refractivity contribution < 1.29 is 14.3 Å². The molecule has 3 nitrogen and oxygen atoms in total. The van der Waals surface area contributed by atoms with Crippen molar-refractivity contribution in [1.82, 2.24) is 0 Å². The maximum Gasteiger partial charge on any atom is 0.311 e. The molecule has 0 spiro atoms. The highest BCUT2D eigenvalue weighted by atomic mass is 16.5. The number of fused-ring (bicyclic) bond motifs is 3. The Hall–Kier alpha value is -0.860. The molecule has 3 fully saturated rings. The Morgan fingerprint density at radius 3 is 2.67 bits per heavy atom.